The molecule has 8 nitrogen and oxygen atoms in total. The summed E-state index contributed by atoms with van der Waals surface area (Å²) < 4.78 is 44.8. The minimum atomic E-state index is -4.09. The molecule has 1 aromatic heterocycles. The van der Waals surface area contributed by atoms with Crippen LogP contribution in [0.15, 0.2) is 41.6 Å². The number of benzene rings is 1. The van der Waals surface area contributed by atoms with Gasteiger partial charge >= 0.3 is 0 Å². The summed E-state index contributed by atoms with van der Waals surface area (Å²) in [4.78, 5) is 13.3. The van der Waals surface area contributed by atoms with Crippen molar-refractivity contribution in [3.05, 3.63) is 58.2 Å². The lowest BCUT2D eigenvalue weighted by atomic mass is 10.2. The molecule has 0 spiro atoms. The average Bonchev–Trinajstić information content (AvgIpc) is 2.49. The van der Waals surface area contributed by atoms with Crippen molar-refractivity contribution in [2.75, 3.05) is 11.8 Å². The number of halogens is 1. The molecule has 0 saturated heterocycles. The van der Waals surface area contributed by atoms with Gasteiger partial charge in [-0.1, -0.05) is 0 Å². The van der Waals surface area contributed by atoms with Crippen LogP contribution < -0.4 is 4.72 Å². The van der Waals surface area contributed by atoms with Crippen LogP contribution >= 0.6 is 0 Å². The maximum atomic E-state index is 13.1. The van der Waals surface area contributed by atoms with Crippen LogP contribution in [-0.4, -0.2) is 25.4 Å². The molecule has 23 heavy (non-hydrogen) atoms. The first-order chi connectivity index (χ1) is 10.8. The van der Waals surface area contributed by atoms with E-state index in [4.69, 9.17) is 4.74 Å². The second kappa shape index (κ2) is 6.67. The van der Waals surface area contributed by atoms with Gasteiger partial charge < -0.3 is 4.74 Å². The lowest BCUT2D eigenvalue weighted by molar-refractivity contribution is -0.384. The molecule has 10 heteroatoms. The fourth-order valence-electron chi connectivity index (χ4n) is 1.81. The SMILES string of the molecule is COCc1cc([N+](=O)[O-])ccc1NS(=O)(=O)c1cncc(F)c1. The van der Waals surface area contributed by atoms with E-state index in [0.29, 0.717) is 0 Å². The quantitative estimate of drug-likeness (QED) is 0.636. The molecular formula is C13H12FN3O5S. The highest BCUT2D eigenvalue weighted by Crippen LogP contribution is 2.25. The highest BCUT2D eigenvalue weighted by atomic mass is 32.2. The Morgan fingerprint density at radius 2 is 2.09 bits per heavy atom. The summed E-state index contributed by atoms with van der Waals surface area (Å²) in [7, 11) is -2.72. The Morgan fingerprint density at radius 3 is 2.70 bits per heavy atom. The van der Waals surface area contributed by atoms with Gasteiger partial charge in [0.05, 0.1) is 23.4 Å². The number of nitrogens with zero attached hydrogens (tertiary/aromatic N) is 2. The summed E-state index contributed by atoms with van der Waals surface area (Å²) in [6.45, 7) is -0.0407. The molecule has 0 aliphatic carbocycles. The van der Waals surface area contributed by atoms with Gasteiger partial charge in [-0.15, -0.1) is 0 Å². The summed E-state index contributed by atoms with van der Waals surface area (Å²) in [5, 5.41) is 10.8. The fourth-order valence-corrected chi connectivity index (χ4v) is 2.89. The van der Waals surface area contributed by atoms with Gasteiger partial charge in [-0.3, -0.25) is 19.8 Å². The number of nitrogens with one attached hydrogen (secondary N) is 1. The molecule has 0 amide bonds. The first-order valence-electron chi connectivity index (χ1n) is 6.23. The minimum absolute atomic E-state index is 0.0407. The number of non-ortho nitro benzene ring substituents is 1. The number of ether oxygens (including phenoxy) is 1. The molecule has 0 aliphatic rings. The van der Waals surface area contributed by atoms with Gasteiger partial charge in [0.15, 0.2) is 0 Å². The predicted octanol–water partition coefficient (Wildman–Crippen LogP) is 2.08. The molecule has 122 valence electrons. The zero-order valence-corrected chi connectivity index (χ0v) is 12.7. The molecule has 0 radical (unpaired) electrons. The number of hydrogen-bond donors (Lipinski definition) is 1. The second-order valence-corrected chi connectivity index (χ2v) is 6.16. The molecule has 0 aliphatic heterocycles. The Kier molecular flexibility index (Phi) is 4.86. The van der Waals surface area contributed by atoms with Crippen molar-refractivity contribution < 1.29 is 22.5 Å². The summed E-state index contributed by atoms with van der Waals surface area (Å²) in [6, 6.07) is 4.42. The lowest BCUT2D eigenvalue weighted by Crippen LogP contribution is -2.15. The topological polar surface area (TPSA) is 111 Å². The van der Waals surface area contributed by atoms with E-state index in [9.17, 15) is 22.9 Å². The summed E-state index contributed by atoms with van der Waals surface area (Å²) >= 11 is 0. The van der Waals surface area contributed by atoms with Gasteiger partial charge in [-0.25, -0.2) is 12.8 Å². The number of pyridine rings is 1. The highest BCUT2D eigenvalue weighted by Gasteiger charge is 2.19. The minimum Gasteiger partial charge on any atom is -0.380 e. The van der Waals surface area contributed by atoms with Crippen LogP contribution in [0, 0.1) is 15.9 Å². The van der Waals surface area contributed by atoms with E-state index in [2.05, 4.69) is 9.71 Å². The van der Waals surface area contributed by atoms with Crippen LogP contribution in [0.3, 0.4) is 0 Å². The predicted molar refractivity (Wildman–Crippen MR) is 78.8 cm³/mol. The molecule has 2 rings (SSSR count). The Labute approximate surface area is 131 Å². The maximum Gasteiger partial charge on any atom is 0.269 e. The van der Waals surface area contributed by atoms with E-state index in [0.717, 1.165) is 24.5 Å². The molecule has 0 fully saturated rings. The van der Waals surface area contributed by atoms with Crippen LogP contribution in [0.4, 0.5) is 15.8 Å². The first-order valence-corrected chi connectivity index (χ1v) is 7.71. The van der Waals surface area contributed by atoms with Crippen molar-refractivity contribution in [2.45, 2.75) is 11.5 Å². The van der Waals surface area contributed by atoms with Crippen molar-refractivity contribution in [1.29, 1.82) is 0 Å². The molecular weight excluding hydrogens is 329 g/mol. The van der Waals surface area contributed by atoms with Gasteiger partial charge in [-0.2, -0.15) is 0 Å². The number of hydrogen-bond acceptors (Lipinski definition) is 6. The van der Waals surface area contributed by atoms with Crippen LogP contribution in [0.25, 0.3) is 0 Å². The van der Waals surface area contributed by atoms with Crippen LogP contribution in [0.5, 0.6) is 0 Å². The second-order valence-electron chi connectivity index (χ2n) is 4.48. The Balaban J connectivity index is 2.40. The number of sulfonamides is 1. The number of methoxy groups -OCH3 is 1. The molecule has 1 heterocycles. The largest absolute Gasteiger partial charge is 0.380 e. The van der Waals surface area contributed by atoms with Crippen molar-refractivity contribution >= 4 is 21.4 Å². The fraction of sp³-hybridized carbons (Fsp3) is 0.154. The molecule has 0 saturated carbocycles. The van der Waals surface area contributed by atoms with Gasteiger partial charge in [-0.05, 0) is 12.1 Å². The van der Waals surface area contributed by atoms with Crippen molar-refractivity contribution in [3.63, 3.8) is 0 Å². The van der Waals surface area contributed by atoms with Crippen molar-refractivity contribution in [1.82, 2.24) is 4.98 Å². The number of nitro groups is 1. The van der Waals surface area contributed by atoms with E-state index in [-0.39, 0.29) is 28.4 Å². The Hall–Kier alpha value is -2.59. The van der Waals surface area contributed by atoms with E-state index in [1.54, 1.807) is 0 Å². The molecule has 0 unspecified atom stereocenters. The molecule has 1 aromatic carbocycles. The van der Waals surface area contributed by atoms with E-state index >= 15 is 0 Å². The van der Waals surface area contributed by atoms with Gasteiger partial charge in [0, 0.05) is 31.0 Å². The molecule has 0 atom stereocenters. The highest BCUT2D eigenvalue weighted by molar-refractivity contribution is 7.92. The van der Waals surface area contributed by atoms with E-state index in [1.807, 2.05) is 0 Å². The maximum absolute atomic E-state index is 13.1. The number of anilines is 1. The third-order valence-corrected chi connectivity index (χ3v) is 4.17. The van der Waals surface area contributed by atoms with Crippen LogP contribution in [0.1, 0.15) is 5.56 Å². The summed E-state index contributed by atoms with van der Waals surface area (Å²) in [5.74, 6) is -0.798. The average molecular weight is 341 g/mol. The summed E-state index contributed by atoms with van der Waals surface area (Å²) in [6.07, 6.45) is 1.87. The molecule has 2 aromatic rings. The van der Waals surface area contributed by atoms with Gasteiger partial charge in [0.25, 0.3) is 15.7 Å². The van der Waals surface area contributed by atoms with Crippen molar-refractivity contribution in [2.24, 2.45) is 0 Å². The lowest BCUT2D eigenvalue weighted by Gasteiger charge is -2.12. The van der Waals surface area contributed by atoms with Crippen LogP contribution in [-0.2, 0) is 21.4 Å². The third-order valence-electron chi connectivity index (χ3n) is 2.83. The summed E-state index contributed by atoms with van der Waals surface area (Å²) in [5.41, 5.74) is 0.170. The Morgan fingerprint density at radius 1 is 1.35 bits per heavy atom. The van der Waals surface area contributed by atoms with E-state index in [1.165, 1.54) is 19.2 Å². The number of nitro benzene ring substituents is 1. The van der Waals surface area contributed by atoms with E-state index < -0.39 is 20.8 Å². The monoisotopic (exact) mass is 341 g/mol. The van der Waals surface area contributed by atoms with Gasteiger partial charge in [0.1, 0.15) is 10.7 Å². The number of aromatic nitrogens is 1. The number of rotatable bonds is 6. The standard InChI is InChI=1S/C13H12FN3O5S/c1-22-8-9-4-11(17(18)19)2-3-13(9)16-23(20,21)12-5-10(14)6-15-7-12/h2-7,16H,8H2,1H3. The molecule has 1 N–H and O–H groups in total. The third kappa shape index (κ3) is 3.99. The zero-order valence-electron chi connectivity index (χ0n) is 11.9. The normalized spacial score (nSPS) is 11.2. The van der Waals surface area contributed by atoms with Crippen LogP contribution in [0.2, 0.25) is 0 Å². The zero-order chi connectivity index (χ0) is 17.0. The first kappa shape index (κ1) is 16.8. The Bertz CT molecular complexity index is 841. The van der Waals surface area contributed by atoms with Crippen molar-refractivity contribution in [3.8, 4) is 0 Å². The van der Waals surface area contributed by atoms with Gasteiger partial charge in [0.2, 0.25) is 0 Å². The smallest absolute Gasteiger partial charge is 0.269 e. The molecule has 0 bridgehead atoms.